The fraction of sp³-hybridized carbons (Fsp3) is 0.167. The Morgan fingerprint density at radius 3 is 2.42 bits per heavy atom. The Morgan fingerprint density at radius 1 is 1.12 bits per heavy atom. The van der Waals surface area contributed by atoms with Gasteiger partial charge in [-0.2, -0.15) is 0 Å². The Hall–Kier alpha value is -2.87. The van der Waals surface area contributed by atoms with E-state index < -0.39 is 17.8 Å². The second-order valence-corrected chi connectivity index (χ2v) is 5.98. The maximum Gasteiger partial charge on any atom is 0.338 e. The number of halogens is 1. The van der Waals surface area contributed by atoms with Crippen LogP contribution >= 0.6 is 15.9 Å². The number of esters is 1. The van der Waals surface area contributed by atoms with Gasteiger partial charge < -0.3 is 24.7 Å². The highest BCUT2D eigenvalue weighted by molar-refractivity contribution is 9.10. The van der Waals surface area contributed by atoms with E-state index in [2.05, 4.69) is 21.2 Å². The molecule has 136 valence electrons. The molecule has 0 aromatic heterocycles. The summed E-state index contributed by atoms with van der Waals surface area (Å²) in [6, 6.07) is 10.5. The molecular formula is C18H15BrNO6-. The second-order valence-electron chi connectivity index (χ2n) is 5.06. The third-order valence-electron chi connectivity index (χ3n) is 3.20. The van der Waals surface area contributed by atoms with Crippen LogP contribution in [0.2, 0.25) is 0 Å². The normalized spacial score (nSPS) is 10.1. The lowest BCUT2D eigenvalue weighted by Crippen LogP contribution is -2.25. The van der Waals surface area contributed by atoms with Crippen molar-refractivity contribution >= 4 is 39.5 Å². The number of carboxylic acids is 1. The van der Waals surface area contributed by atoms with Crippen molar-refractivity contribution in [2.45, 2.75) is 6.92 Å². The van der Waals surface area contributed by atoms with E-state index in [1.165, 1.54) is 24.3 Å². The van der Waals surface area contributed by atoms with Crippen LogP contribution in [0.4, 0.5) is 5.69 Å². The van der Waals surface area contributed by atoms with Crippen LogP contribution in [0, 0.1) is 0 Å². The lowest BCUT2D eigenvalue weighted by atomic mass is 10.2. The lowest BCUT2D eigenvalue weighted by molar-refractivity contribution is -0.255. The number of carbonyl (C=O) groups excluding carboxylic acids is 3. The molecule has 0 aliphatic heterocycles. The Balaban J connectivity index is 1.95. The number of anilines is 1. The molecule has 0 radical (unpaired) electrons. The number of amides is 1. The van der Waals surface area contributed by atoms with E-state index in [1.54, 1.807) is 25.1 Å². The SMILES string of the molecule is CCOC(=O)c1ccc(NC(=O)COc2ccc(Br)cc2C(=O)[O-])cc1. The molecule has 8 heteroatoms. The highest BCUT2D eigenvalue weighted by Gasteiger charge is 2.10. The zero-order valence-electron chi connectivity index (χ0n) is 13.8. The number of hydrogen-bond acceptors (Lipinski definition) is 6. The molecule has 0 bridgehead atoms. The van der Waals surface area contributed by atoms with Crippen LogP contribution in [-0.2, 0) is 9.53 Å². The van der Waals surface area contributed by atoms with Gasteiger partial charge in [0, 0.05) is 15.7 Å². The number of hydrogen-bond donors (Lipinski definition) is 1. The van der Waals surface area contributed by atoms with Gasteiger partial charge in [-0.1, -0.05) is 15.9 Å². The summed E-state index contributed by atoms with van der Waals surface area (Å²) >= 11 is 3.16. The average Bonchev–Trinajstić information content (AvgIpc) is 2.61. The van der Waals surface area contributed by atoms with Crippen LogP contribution in [-0.4, -0.2) is 31.1 Å². The predicted octanol–water partition coefficient (Wildman–Crippen LogP) is 2.01. The Labute approximate surface area is 158 Å². The third-order valence-corrected chi connectivity index (χ3v) is 3.69. The first-order chi connectivity index (χ1) is 12.4. The van der Waals surface area contributed by atoms with Crippen molar-refractivity contribution in [2.24, 2.45) is 0 Å². The summed E-state index contributed by atoms with van der Waals surface area (Å²) in [6.45, 7) is 1.60. The van der Waals surface area contributed by atoms with Gasteiger partial charge in [-0.3, -0.25) is 4.79 Å². The summed E-state index contributed by atoms with van der Waals surface area (Å²) < 4.78 is 10.7. The molecule has 0 fully saturated rings. The van der Waals surface area contributed by atoms with Crippen molar-refractivity contribution in [3.8, 4) is 5.75 Å². The van der Waals surface area contributed by atoms with E-state index >= 15 is 0 Å². The second kappa shape index (κ2) is 9.00. The standard InChI is InChI=1S/C18H16BrNO6/c1-2-25-18(24)11-3-6-13(7-4-11)20-16(21)10-26-15-8-5-12(19)9-14(15)17(22)23/h3-9H,2,10H2,1H3,(H,20,21)(H,22,23)/p-1. The van der Waals surface area contributed by atoms with E-state index in [0.29, 0.717) is 15.7 Å². The smallest absolute Gasteiger partial charge is 0.338 e. The molecule has 26 heavy (non-hydrogen) atoms. The van der Waals surface area contributed by atoms with Crippen LogP contribution in [0.15, 0.2) is 46.9 Å². The molecule has 1 N–H and O–H groups in total. The summed E-state index contributed by atoms with van der Waals surface area (Å²) in [4.78, 5) is 34.6. The van der Waals surface area contributed by atoms with Gasteiger partial charge in [-0.05, 0) is 49.4 Å². The summed E-state index contributed by atoms with van der Waals surface area (Å²) in [5.74, 6) is -2.31. The molecule has 0 saturated heterocycles. The Morgan fingerprint density at radius 2 is 1.81 bits per heavy atom. The first-order valence-corrected chi connectivity index (χ1v) is 8.40. The number of benzene rings is 2. The van der Waals surface area contributed by atoms with Gasteiger partial charge >= 0.3 is 5.97 Å². The van der Waals surface area contributed by atoms with Gasteiger partial charge in [0.15, 0.2) is 6.61 Å². The van der Waals surface area contributed by atoms with E-state index in [0.717, 1.165) is 0 Å². The summed E-state index contributed by atoms with van der Waals surface area (Å²) in [7, 11) is 0. The largest absolute Gasteiger partial charge is 0.545 e. The molecule has 0 atom stereocenters. The van der Waals surface area contributed by atoms with Crippen molar-refractivity contribution in [1.29, 1.82) is 0 Å². The first kappa shape index (κ1) is 19.5. The molecule has 0 spiro atoms. The number of carbonyl (C=O) groups is 3. The van der Waals surface area contributed by atoms with E-state index in [9.17, 15) is 19.5 Å². The van der Waals surface area contributed by atoms with Crippen LogP contribution in [0.1, 0.15) is 27.6 Å². The zero-order chi connectivity index (χ0) is 19.1. The number of carboxylic acid groups (broad SMARTS) is 1. The third kappa shape index (κ3) is 5.32. The van der Waals surface area contributed by atoms with Crippen molar-refractivity contribution in [2.75, 3.05) is 18.5 Å². The molecule has 2 aromatic rings. The number of rotatable bonds is 7. The molecule has 0 aliphatic carbocycles. The van der Waals surface area contributed by atoms with Gasteiger partial charge in [0.05, 0.1) is 18.1 Å². The van der Waals surface area contributed by atoms with E-state index in [4.69, 9.17) is 9.47 Å². The lowest BCUT2D eigenvalue weighted by Gasteiger charge is -2.12. The van der Waals surface area contributed by atoms with Gasteiger partial charge in [0.1, 0.15) is 5.75 Å². The minimum Gasteiger partial charge on any atom is -0.545 e. The van der Waals surface area contributed by atoms with Gasteiger partial charge in [0.2, 0.25) is 0 Å². The summed E-state index contributed by atoms with van der Waals surface area (Å²) in [6.07, 6.45) is 0. The molecule has 2 aromatic carbocycles. The quantitative estimate of drug-likeness (QED) is 0.686. The number of aromatic carboxylic acids is 1. The highest BCUT2D eigenvalue weighted by atomic mass is 79.9. The average molecular weight is 421 g/mol. The minimum atomic E-state index is -1.41. The molecule has 0 aliphatic rings. The molecule has 0 unspecified atom stereocenters. The first-order valence-electron chi connectivity index (χ1n) is 7.61. The van der Waals surface area contributed by atoms with Gasteiger partial charge in [0.25, 0.3) is 5.91 Å². The fourth-order valence-electron chi connectivity index (χ4n) is 2.03. The molecule has 0 saturated carbocycles. The summed E-state index contributed by atoms with van der Waals surface area (Å²) in [5, 5.41) is 13.7. The minimum absolute atomic E-state index is 0.0287. The van der Waals surface area contributed by atoms with Gasteiger partial charge in [-0.25, -0.2) is 4.79 Å². The zero-order valence-corrected chi connectivity index (χ0v) is 15.4. The highest BCUT2D eigenvalue weighted by Crippen LogP contribution is 2.22. The predicted molar refractivity (Wildman–Crippen MR) is 95.0 cm³/mol. The number of ether oxygens (including phenoxy) is 2. The fourth-order valence-corrected chi connectivity index (χ4v) is 2.39. The van der Waals surface area contributed by atoms with E-state index in [1.807, 2.05) is 0 Å². The van der Waals surface area contributed by atoms with Crippen LogP contribution in [0.5, 0.6) is 5.75 Å². The molecular weight excluding hydrogens is 406 g/mol. The molecule has 0 heterocycles. The number of nitrogens with one attached hydrogen (secondary N) is 1. The van der Waals surface area contributed by atoms with Crippen molar-refractivity contribution in [3.05, 3.63) is 58.1 Å². The van der Waals surface area contributed by atoms with Crippen LogP contribution < -0.4 is 15.2 Å². The molecule has 7 nitrogen and oxygen atoms in total. The van der Waals surface area contributed by atoms with Gasteiger partial charge in [-0.15, -0.1) is 0 Å². The van der Waals surface area contributed by atoms with Crippen molar-refractivity contribution < 1.29 is 29.0 Å². The topological polar surface area (TPSA) is 105 Å². The Bertz CT molecular complexity index is 819. The monoisotopic (exact) mass is 420 g/mol. The Kier molecular flexibility index (Phi) is 6.74. The van der Waals surface area contributed by atoms with Crippen LogP contribution in [0.25, 0.3) is 0 Å². The molecule has 1 amide bonds. The summed E-state index contributed by atoms with van der Waals surface area (Å²) in [5.41, 5.74) is 0.670. The van der Waals surface area contributed by atoms with Crippen molar-refractivity contribution in [3.63, 3.8) is 0 Å². The maximum absolute atomic E-state index is 12.0. The van der Waals surface area contributed by atoms with E-state index in [-0.39, 0.29) is 24.5 Å². The van der Waals surface area contributed by atoms with Crippen LogP contribution in [0.3, 0.4) is 0 Å². The molecule has 2 rings (SSSR count). The maximum atomic E-state index is 12.0. The van der Waals surface area contributed by atoms with Crippen molar-refractivity contribution in [1.82, 2.24) is 0 Å².